The molecule has 0 bridgehead atoms. The van der Waals surface area contributed by atoms with Gasteiger partial charge in [-0.2, -0.15) is 5.10 Å². The van der Waals surface area contributed by atoms with Crippen molar-refractivity contribution in [1.82, 2.24) is 15.1 Å². The molecule has 1 atom stereocenters. The second-order valence-corrected chi connectivity index (χ2v) is 5.30. The molecule has 1 N–H and O–H groups in total. The highest BCUT2D eigenvalue weighted by atomic mass is 35.5. The summed E-state index contributed by atoms with van der Waals surface area (Å²) < 4.78 is 1.87. The van der Waals surface area contributed by atoms with Crippen molar-refractivity contribution in [3.05, 3.63) is 51.8 Å². The maximum absolute atomic E-state index is 6.32. The lowest BCUT2D eigenvalue weighted by molar-refractivity contribution is 0.561. The fourth-order valence-corrected chi connectivity index (χ4v) is 2.52. The molecule has 0 aliphatic heterocycles. The summed E-state index contributed by atoms with van der Waals surface area (Å²) in [6.07, 6.45) is 0.829. The Morgan fingerprint density at radius 3 is 2.37 bits per heavy atom. The molecule has 0 saturated heterocycles. The molecule has 1 heterocycles. The Labute approximate surface area is 119 Å². The third kappa shape index (κ3) is 2.99. The Balaban J connectivity index is 2.26. The summed E-state index contributed by atoms with van der Waals surface area (Å²) in [5.74, 6) is 0. The third-order valence-electron chi connectivity index (χ3n) is 3.49. The maximum Gasteiger partial charge on any atom is 0.0847 e. The zero-order chi connectivity index (χ0) is 14.0. The molecule has 0 aliphatic rings. The van der Waals surface area contributed by atoms with E-state index in [1.807, 2.05) is 25.7 Å². The highest BCUT2D eigenvalue weighted by molar-refractivity contribution is 6.31. The zero-order valence-corrected chi connectivity index (χ0v) is 12.6. The van der Waals surface area contributed by atoms with E-state index in [1.54, 1.807) is 0 Å². The Kier molecular flexibility index (Phi) is 4.27. The molecule has 1 aromatic carbocycles. The first kappa shape index (κ1) is 14.1. The Morgan fingerprint density at radius 1 is 1.26 bits per heavy atom. The lowest BCUT2D eigenvalue weighted by atomic mass is 10.0. The normalized spacial score (nSPS) is 12.7. The summed E-state index contributed by atoms with van der Waals surface area (Å²) in [6, 6.07) is 8.83. The topological polar surface area (TPSA) is 29.9 Å². The molecule has 0 amide bonds. The van der Waals surface area contributed by atoms with Crippen LogP contribution in [0.2, 0.25) is 5.02 Å². The summed E-state index contributed by atoms with van der Waals surface area (Å²) >= 11 is 6.32. The number of benzene rings is 1. The smallest absolute Gasteiger partial charge is 0.0847 e. The van der Waals surface area contributed by atoms with Gasteiger partial charge in [0.1, 0.15) is 0 Å². The first-order valence-corrected chi connectivity index (χ1v) is 6.82. The van der Waals surface area contributed by atoms with E-state index in [1.165, 1.54) is 11.1 Å². The minimum atomic E-state index is 0.243. The van der Waals surface area contributed by atoms with Crippen molar-refractivity contribution in [1.29, 1.82) is 0 Å². The van der Waals surface area contributed by atoms with E-state index in [9.17, 15) is 0 Å². The number of hydrogen-bond donors (Lipinski definition) is 1. The number of aromatic nitrogens is 2. The van der Waals surface area contributed by atoms with Crippen molar-refractivity contribution >= 4 is 11.6 Å². The predicted molar refractivity (Wildman–Crippen MR) is 79.6 cm³/mol. The van der Waals surface area contributed by atoms with Gasteiger partial charge >= 0.3 is 0 Å². The van der Waals surface area contributed by atoms with Crippen LogP contribution in [0.15, 0.2) is 24.3 Å². The lowest BCUT2D eigenvalue weighted by Crippen LogP contribution is -2.20. The molecule has 1 unspecified atom stereocenters. The fraction of sp³-hybridized carbons (Fsp3) is 0.400. The average Bonchev–Trinajstić information content (AvgIpc) is 2.63. The fourth-order valence-electron chi connectivity index (χ4n) is 2.28. The SMILES string of the molecule is CNC(Cc1c(Cl)c(C)nn1C)c1ccc(C)cc1. The molecule has 0 saturated carbocycles. The van der Waals surface area contributed by atoms with E-state index >= 15 is 0 Å². The van der Waals surface area contributed by atoms with Gasteiger partial charge in [0.25, 0.3) is 0 Å². The van der Waals surface area contributed by atoms with Crippen LogP contribution in [0.5, 0.6) is 0 Å². The van der Waals surface area contributed by atoms with Gasteiger partial charge in [-0.15, -0.1) is 0 Å². The minimum Gasteiger partial charge on any atom is -0.313 e. The number of nitrogens with one attached hydrogen (secondary N) is 1. The number of likely N-dealkylation sites (N-methyl/N-ethyl adjacent to an activating group) is 1. The van der Waals surface area contributed by atoms with Crippen molar-refractivity contribution in [2.75, 3.05) is 7.05 Å². The van der Waals surface area contributed by atoms with Gasteiger partial charge in [0, 0.05) is 19.5 Å². The summed E-state index contributed by atoms with van der Waals surface area (Å²) in [7, 11) is 3.91. The van der Waals surface area contributed by atoms with Crippen LogP contribution in [0.3, 0.4) is 0 Å². The third-order valence-corrected chi connectivity index (χ3v) is 3.98. The number of nitrogens with zero attached hydrogens (tertiary/aromatic N) is 2. The second kappa shape index (κ2) is 5.76. The average molecular weight is 278 g/mol. The van der Waals surface area contributed by atoms with Gasteiger partial charge in [-0.1, -0.05) is 41.4 Å². The van der Waals surface area contributed by atoms with Crippen molar-refractivity contribution in [2.24, 2.45) is 7.05 Å². The molecule has 0 spiro atoms. The van der Waals surface area contributed by atoms with E-state index in [0.29, 0.717) is 0 Å². The van der Waals surface area contributed by atoms with Crippen LogP contribution < -0.4 is 5.32 Å². The van der Waals surface area contributed by atoms with E-state index in [2.05, 4.69) is 41.6 Å². The van der Waals surface area contributed by atoms with Crippen molar-refractivity contribution in [3.63, 3.8) is 0 Å². The predicted octanol–water partition coefficient (Wildman–Crippen LogP) is 3.19. The van der Waals surface area contributed by atoms with E-state index in [-0.39, 0.29) is 6.04 Å². The maximum atomic E-state index is 6.32. The van der Waals surface area contributed by atoms with Gasteiger partial charge in [0.2, 0.25) is 0 Å². The quantitative estimate of drug-likeness (QED) is 0.930. The number of rotatable bonds is 4. The van der Waals surface area contributed by atoms with Crippen LogP contribution in [0, 0.1) is 13.8 Å². The Bertz CT molecular complexity index is 558. The Morgan fingerprint density at radius 2 is 1.89 bits per heavy atom. The van der Waals surface area contributed by atoms with Crippen LogP contribution in [-0.2, 0) is 13.5 Å². The monoisotopic (exact) mass is 277 g/mol. The standard InChI is InChI=1S/C15H20ClN3/c1-10-5-7-12(8-6-10)13(17-3)9-14-15(16)11(2)18-19(14)4/h5-8,13,17H,9H2,1-4H3. The van der Waals surface area contributed by atoms with Crippen LogP contribution in [-0.4, -0.2) is 16.8 Å². The van der Waals surface area contributed by atoms with Crippen molar-refractivity contribution in [3.8, 4) is 0 Å². The zero-order valence-electron chi connectivity index (χ0n) is 11.9. The van der Waals surface area contributed by atoms with Crippen molar-refractivity contribution < 1.29 is 0 Å². The summed E-state index contributed by atoms with van der Waals surface area (Å²) in [5, 5.41) is 8.49. The summed E-state index contributed by atoms with van der Waals surface area (Å²) in [5.41, 5.74) is 4.49. The highest BCUT2D eigenvalue weighted by Crippen LogP contribution is 2.25. The molecule has 3 nitrogen and oxygen atoms in total. The molecule has 2 rings (SSSR count). The van der Waals surface area contributed by atoms with Gasteiger partial charge < -0.3 is 5.32 Å². The van der Waals surface area contributed by atoms with Crippen LogP contribution in [0.25, 0.3) is 0 Å². The van der Waals surface area contributed by atoms with E-state index in [4.69, 9.17) is 11.6 Å². The highest BCUT2D eigenvalue weighted by Gasteiger charge is 2.17. The van der Waals surface area contributed by atoms with Gasteiger partial charge in [0.05, 0.1) is 16.4 Å². The molecule has 2 aromatic rings. The molecule has 102 valence electrons. The number of aryl methyl sites for hydroxylation is 3. The summed E-state index contributed by atoms with van der Waals surface area (Å²) in [4.78, 5) is 0. The molecule has 4 heteroatoms. The first-order chi connectivity index (χ1) is 9.02. The molecule has 0 radical (unpaired) electrons. The van der Waals surface area contributed by atoms with Crippen LogP contribution in [0.1, 0.15) is 28.6 Å². The molecular weight excluding hydrogens is 258 g/mol. The van der Waals surface area contributed by atoms with Crippen LogP contribution in [0.4, 0.5) is 0 Å². The van der Waals surface area contributed by atoms with E-state index in [0.717, 1.165) is 22.8 Å². The number of halogens is 1. The van der Waals surface area contributed by atoms with Gasteiger partial charge in [-0.25, -0.2) is 0 Å². The summed E-state index contributed by atoms with van der Waals surface area (Å²) in [6.45, 7) is 4.03. The largest absolute Gasteiger partial charge is 0.313 e. The second-order valence-electron chi connectivity index (χ2n) is 4.93. The molecular formula is C15H20ClN3. The molecule has 19 heavy (non-hydrogen) atoms. The molecule has 1 aromatic heterocycles. The van der Waals surface area contributed by atoms with Gasteiger partial charge in [-0.3, -0.25) is 4.68 Å². The van der Waals surface area contributed by atoms with E-state index < -0.39 is 0 Å². The first-order valence-electron chi connectivity index (χ1n) is 6.44. The lowest BCUT2D eigenvalue weighted by Gasteiger charge is -2.17. The number of hydrogen-bond acceptors (Lipinski definition) is 2. The molecule has 0 fully saturated rings. The molecule has 0 aliphatic carbocycles. The van der Waals surface area contributed by atoms with Crippen LogP contribution >= 0.6 is 11.6 Å². The van der Waals surface area contributed by atoms with Crippen molar-refractivity contribution in [2.45, 2.75) is 26.3 Å². The van der Waals surface area contributed by atoms with Gasteiger partial charge in [-0.05, 0) is 26.5 Å². The minimum absolute atomic E-state index is 0.243. The van der Waals surface area contributed by atoms with Gasteiger partial charge in [0.15, 0.2) is 0 Å². The Hall–Kier alpha value is -1.32.